The molecule has 0 fully saturated rings. The predicted octanol–water partition coefficient (Wildman–Crippen LogP) is 3.28. The summed E-state index contributed by atoms with van der Waals surface area (Å²) >= 11 is 0. The third-order valence-corrected chi connectivity index (χ3v) is 1.96. The van der Waals surface area contributed by atoms with Gasteiger partial charge in [0, 0.05) is 6.20 Å². The van der Waals surface area contributed by atoms with Crippen molar-refractivity contribution in [1.82, 2.24) is 4.98 Å². The molecular weight excluding hydrogens is 207 g/mol. The van der Waals surface area contributed by atoms with E-state index < -0.39 is 11.7 Å². The Balaban J connectivity index is 2.97. The Kier molecular flexibility index (Phi) is 3.55. The molecule has 15 heavy (non-hydrogen) atoms. The molecule has 0 spiro atoms. The van der Waals surface area contributed by atoms with Crippen LogP contribution in [-0.4, -0.2) is 11.1 Å². The molecule has 84 valence electrons. The van der Waals surface area contributed by atoms with Crippen LogP contribution in [0.4, 0.5) is 13.2 Å². The van der Waals surface area contributed by atoms with Crippen LogP contribution in [0.15, 0.2) is 18.3 Å². The van der Waals surface area contributed by atoms with Crippen LogP contribution in [0.3, 0.4) is 0 Å². The third-order valence-electron chi connectivity index (χ3n) is 1.96. The molecule has 0 aromatic carbocycles. The second-order valence-electron chi connectivity index (χ2n) is 3.19. The highest BCUT2D eigenvalue weighted by Gasteiger charge is 2.35. The topological polar surface area (TPSA) is 22.1 Å². The zero-order chi connectivity index (χ0) is 11.5. The maximum Gasteiger partial charge on any atom is 0.421 e. The first kappa shape index (κ1) is 11.8. The van der Waals surface area contributed by atoms with Crippen molar-refractivity contribution in [3.8, 4) is 5.88 Å². The van der Waals surface area contributed by atoms with E-state index in [2.05, 4.69) is 4.98 Å². The first-order valence-electron chi connectivity index (χ1n) is 4.64. The predicted molar refractivity (Wildman–Crippen MR) is 49.6 cm³/mol. The molecule has 0 radical (unpaired) electrons. The fourth-order valence-electron chi connectivity index (χ4n) is 0.974. The summed E-state index contributed by atoms with van der Waals surface area (Å²) in [7, 11) is 0. The van der Waals surface area contributed by atoms with E-state index in [4.69, 9.17) is 4.74 Å². The van der Waals surface area contributed by atoms with Gasteiger partial charge in [-0.2, -0.15) is 13.2 Å². The number of halogens is 3. The van der Waals surface area contributed by atoms with E-state index in [1.165, 1.54) is 12.3 Å². The highest BCUT2D eigenvalue weighted by atomic mass is 19.4. The van der Waals surface area contributed by atoms with Gasteiger partial charge in [0.05, 0.1) is 6.10 Å². The number of ether oxygens (including phenoxy) is 1. The first-order valence-corrected chi connectivity index (χ1v) is 4.64. The molecule has 0 saturated carbocycles. The van der Waals surface area contributed by atoms with Gasteiger partial charge in [0.25, 0.3) is 0 Å². The molecule has 1 heterocycles. The van der Waals surface area contributed by atoms with Crippen molar-refractivity contribution in [2.75, 3.05) is 0 Å². The zero-order valence-electron chi connectivity index (χ0n) is 8.51. The van der Waals surface area contributed by atoms with Crippen molar-refractivity contribution in [3.05, 3.63) is 23.9 Å². The van der Waals surface area contributed by atoms with E-state index in [0.717, 1.165) is 6.07 Å². The van der Waals surface area contributed by atoms with Gasteiger partial charge in [-0.3, -0.25) is 0 Å². The van der Waals surface area contributed by atoms with E-state index in [0.29, 0.717) is 6.42 Å². The fourth-order valence-corrected chi connectivity index (χ4v) is 0.974. The Labute approximate surface area is 86.1 Å². The van der Waals surface area contributed by atoms with Crippen molar-refractivity contribution in [3.63, 3.8) is 0 Å². The SMILES string of the molecule is CCC(C)Oc1ncccc1C(F)(F)F. The molecule has 1 aromatic heterocycles. The maximum absolute atomic E-state index is 12.5. The van der Waals surface area contributed by atoms with Crippen molar-refractivity contribution in [2.45, 2.75) is 32.5 Å². The molecule has 5 heteroatoms. The number of rotatable bonds is 3. The maximum atomic E-state index is 12.5. The molecule has 0 bridgehead atoms. The lowest BCUT2D eigenvalue weighted by Gasteiger charge is -2.15. The summed E-state index contributed by atoms with van der Waals surface area (Å²) in [6.45, 7) is 3.54. The van der Waals surface area contributed by atoms with Crippen LogP contribution in [0.25, 0.3) is 0 Å². The minimum Gasteiger partial charge on any atom is -0.474 e. The van der Waals surface area contributed by atoms with Crippen molar-refractivity contribution in [1.29, 1.82) is 0 Å². The van der Waals surface area contributed by atoms with Crippen molar-refractivity contribution >= 4 is 0 Å². The molecular formula is C10H12F3NO. The smallest absolute Gasteiger partial charge is 0.421 e. The van der Waals surface area contributed by atoms with Crippen LogP contribution in [-0.2, 0) is 6.18 Å². The Morgan fingerprint density at radius 2 is 2.13 bits per heavy atom. The van der Waals surface area contributed by atoms with Gasteiger partial charge < -0.3 is 4.74 Å². The number of alkyl halides is 3. The monoisotopic (exact) mass is 219 g/mol. The van der Waals surface area contributed by atoms with Crippen molar-refractivity contribution in [2.24, 2.45) is 0 Å². The quantitative estimate of drug-likeness (QED) is 0.778. The summed E-state index contributed by atoms with van der Waals surface area (Å²) in [4.78, 5) is 3.59. The third kappa shape index (κ3) is 3.11. The lowest BCUT2D eigenvalue weighted by Crippen LogP contribution is -2.15. The standard InChI is InChI=1S/C10H12F3NO/c1-3-7(2)15-9-8(10(11,12)13)5-4-6-14-9/h4-7H,3H2,1-2H3. The van der Waals surface area contributed by atoms with Gasteiger partial charge in [-0.05, 0) is 25.5 Å². The summed E-state index contributed by atoms with van der Waals surface area (Å²) in [5.41, 5.74) is -0.828. The fraction of sp³-hybridized carbons (Fsp3) is 0.500. The number of nitrogens with zero attached hydrogens (tertiary/aromatic N) is 1. The molecule has 0 saturated heterocycles. The van der Waals surface area contributed by atoms with E-state index in [-0.39, 0.29) is 12.0 Å². The minimum atomic E-state index is -4.42. The van der Waals surface area contributed by atoms with Crippen LogP contribution in [0.5, 0.6) is 5.88 Å². The van der Waals surface area contributed by atoms with Gasteiger partial charge in [0.2, 0.25) is 5.88 Å². The minimum absolute atomic E-state index is 0.277. The number of hydrogen-bond acceptors (Lipinski definition) is 2. The van der Waals surface area contributed by atoms with Gasteiger partial charge in [-0.25, -0.2) is 4.98 Å². The second kappa shape index (κ2) is 4.51. The molecule has 2 nitrogen and oxygen atoms in total. The Morgan fingerprint density at radius 1 is 1.47 bits per heavy atom. The zero-order valence-corrected chi connectivity index (χ0v) is 8.51. The Morgan fingerprint density at radius 3 is 2.67 bits per heavy atom. The van der Waals surface area contributed by atoms with Gasteiger partial charge in [0.15, 0.2) is 0 Å². The molecule has 0 aliphatic heterocycles. The first-order chi connectivity index (χ1) is 6.95. The molecule has 1 unspecified atom stereocenters. The van der Waals surface area contributed by atoms with E-state index in [1.807, 2.05) is 6.92 Å². The molecule has 0 amide bonds. The molecule has 0 N–H and O–H groups in total. The molecule has 1 rings (SSSR count). The molecule has 1 aromatic rings. The summed E-state index contributed by atoms with van der Waals surface area (Å²) in [5, 5.41) is 0. The van der Waals surface area contributed by atoms with Crippen molar-refractivity contribution < 1.29 is 17.9 Å². The lowest BCUT2D eigenvalue weighted by molar-refractivity contribution is -0.139. The molecule has 0 aliphatic carbocycles. The van der Waals surface area contributed by atoms with Crippen LogP contribution >= 0.6 is 0 Å². The largest absolute Gasteiger partial charge is 0.474 e. The van der Waals surface area contributed by atoms with Crippen LogP contribution < -0.4 is 4.74 Å². The van der Waals surface area contributed by atoms with Crippen LogP contribution in [0.2, 0.25) is 0 Å². The Bertz CT molecular complexity index is 325. The van der Waals surface area contributed by atoms with Gasteiger partial charge in [-0.1, -0.05) is 6.92 Å². The summed E-state index contributed by atoms with van der Waals surface area (Å²) in [6, 6.07) is 2.21. The average Bonchev–Trinajstić information content (AvgIpc) is 2.17. The summed E-state index contributed by atoms with van der Waals surface area (Å²) in [5.74, 6) is -0.348. The van der Waals surface area contributed by atoms with Gasteiger partial charge in [-0.15, -0.1) is 0 Å². The van der Waals surface area contributed by atoms with Gasteiger partial charge in [0.1, 0.15) is 5.56 Å². The number of pyridine rings is 1. The Hall–Kier alpha value is -1.26. The van der Waals surface area contributed by atoms with E-state index in [1.54, 1.807) is 6.92 Å². The molecule has 0 aliphatic rings. The number of hydrogen-bond donors (Lipinski definition) is 0. The van der Waals surface area contributed by atoms with Crippen LogP contribution in [0, 0.1) is 0 Å². The normalized spacial score (nSPS) is 13.7. The lowest BCUT2D eigenvalue weighted by atomic mass is 10.2. The van der Waals surface area contributed by atoms with E-state index >= 15 is 0 Å². The highest BCUT2D eigenvalue weighted by Crippen LogP contribution is 2.34. The average molecular weight is 219 g/mol. The summed E-state index contributed by atoms with van der Waals surface area (Å²) < 4.78 is 42.5. The van der Waals surface area contributed by atoms with E-state index in [9.17, 15) is 13.2 Å². The van der Waals surface area contributed by atoms with Crippen LogP contribution in [0.1, 0.15) is 25.8 Å². The summed E-state index contributed by atoms with van der Waals surface area (Å²) in [6.07, 6.45) is -2.78. The second-order valence-corrected chi connectivity index (χ2v) is 3.19. The van der Waals surface area contributed by atoms with Gasteiger partial charge >= 0.3 is 6.18 Å². The molecule has 1 atom stereocenters. The number of aromatic nitrogens is 1. The highest BCUT2D eigenvalue weighted by molar-refractivity contribution is 5.28.